The molecule has 82 valence electrons. The van der Waals surface area contributed by atoms with Crippen molar-refractivity contribution in [2.45, 2.75) is 18.9 Å². The van der Waals surface area contributed by atoms with E-state index in [4.69, 9.17) is 10.5 Å². The van der Waals surface area contributed by atoms with Crippen LogP contribution in [0.1, 0.15) is 12.8 Å². The third-order valence-corrected chi connectivity index (χ3v) is 2.59. The van der Waals surface area contributed by atoms with Crippen LogP contribution >= 0.6 is 0 Å². The van der Waals surface area contributed by atoms with Gasteiger partial charge in [0.15, 0.2) is 5.75 Å². The van der Waals surface area contributed by atoms with Crippen LogP contribution in [0.5, 0.6) is 5.75 Å². The van der Waals surface area contributed by atoms with Gasteiger partial charge in [0.05, 0.1) is 19.5 Å². The first-order chi connectivity index (χ1) is 7.29. The van der Waals surface area contributed by atoms with Gasteiger partial charge >= 0.3 is 0 Å². The Hall–Kier alpha value is -1.36. The zero-order chi connectivity index (χ0) is 10.7. The molecule has 1 aromatic rings. The van der Waals surface area contributed by atoms with Crippen molar-refractivity contribution in [1.29, 1.82) is 0 Å². The van der Waals surface area contributed by atoms with Gasteiger partial charge < -0.3 is 15.4 Å². The molecule has 0 saturated carbocycles. The number of nitrogens with zero attached hydrogens (tertiary/aromatic N) is 3. The van der Waals surface area contributed by atoms with E-state index in [9.17, 15) is 0 Å². The molecule has 2 rings (SSSR count). The Balaban J connectivity index is 2.07. The number of ether oxygens (including phenoxy) is 1. The summed E-state index contributed by atoms with van der Waals surface area (Å²) in [6.45, 7) is 1.83. The zero-order valence-electron chi connectivity index (χ0n) is 8.89. The van der Waals surface area contributed by atoms with E-state index < -0.39 is 0 Å². The number of nitrogens with two attached hydrogens (primary N) is 1. The molecule has 0 aliphatic carbocycles. The van der Waals surface area contributed by atoms with Gasteiger partial charge in [-0.3, -0.25) is 0 Å². The largest absolute Gasteiger partial charge is 0.494 e. The first kappa shape index (κ1) is 10.2. The van der Waals surface area contributed by atoms with Crippen molar-refractivity contribution in [2.24, 2.45) is 5.73 Å². The highest BCUT2D eigenvalue weighted by molar-refractivity contribution is 5.32. The summed E-state index contributed by atoms with van der Waals surface area (Å²) < 4.78 is 5.01. The molecule has 5 heteroatoms. The SMILES string of the molecule is COc1cnc(N2CCCC(N)C2)nc1. The lowest BCUT2D eigenvalue weighted by Gasteiger charge is -2.30. The molecule has 1 aliphatic heterocycles. The first-order valence-electron chi connectivity index (χ1n) is 5.16. The molecule has 0 aromatic carbocycles. The van der Waals surface area contributed by atoms with Crippen LogP contribution in [0, 0.1) is 0 Å². The van der Waals surface area contributed by atoms with E-state index in [2.05, 4.69) is 14.9 Å². The molecule has 2 heterocycles. The minimum atomic E-state index is 0.240. The molecule has 1 aromatic heterocycles. The summed E-state index contributed by atoms with van der Waals surface area (Å²) in [6.07, 6.45) is 5.56. The van der Waals surface area contributed by atoms with Crippen molar-refractivity contribution in [2.75, 3.05) is 25.1 Å². The Labute approximate surface area is 89.3 Å². The first-order valence-corrected chi connectivity index (χ1v) is 5.16. The third kappa shape index (κ3) is 2.36. The molecule has 15 heavy (non-hydrogen) atoms. The maximum atomic E-state index is 5.90. The Morgan fingerprint density at radius 3 is 2.80 bits per heavy atom. The predicted molar refractivity (Wildman–Crippen MR) is 58.0 cm³/mol. The molecule has 1 saturated heterocycles. The molecule has 0 bridgehead atoms. The second-order valence-electron chi connectivity index (χ2n) is 3.77. The maximum Gasteiger partial charge on any atom is 0.225 e. The number of piperidine rings is 1. The van der Waals surface area contributed by atoms with Gasteiger partial charge in [-0.05, 0) is 12.8 Å². The van der Waals surface area contributed by atoms with E-state index in [1.165, 1.54) is 0 Å². The van der Waals surface area contributed by atoms with Gasteiger partial charge in [0.1, 0.15) is 0 Å². The molecule has 1 atom stereocenters. The van der Waals surface area contributed by atoms with E-state index in [-0.39, 0.29) is 6.04 Å². The Bertz CT molecular complexity index is 314. The molecule has 1 fully saturated rings. The summed E-state index contributed by atoms with van der Waals surface area (Å²) in [4.78, 5) is 10.6. The minimum absolute atomic E-state index is 0.240. The van der Waals surface area contributed by atoms with Crippen LogP contribution < -0.4 is 15.4 Å². The normalized spacial score (nSPS) is 21.5. The van der Waals surface area contributed by atoms with Crippen LogP contribution in [0.25, 0.3) is 0 Å². The summed E-state index contributed by atoms with van der Waals surface area (Å²) in [6, 6.07) is 0.240. The van der Waals surface area contributed by atoms with E-state index in [1.807, 2.05) is 0 Å². The number of hydrogen-bond acceptors (Lipinski definition) is 5. The van der Waals surface area contributed by atoms with Crippen LogP contribution in [-0.2, 0) is 0 Å². The smallest absolute Gasteiger partial charge is 0.225 e. The van der Waals surface area contributed by atoms with Gasteiger partial charge in [-0.15, -0.1) is 0 Å². The molecular formula is C10H16N4O. The van der Waals surface area contributed by atoms with Crippen molar-refractivity contribution in [1.82, 2.24) is 9.97 Å². The van der Waals surface area contributed by atoms with Gasteiger partial charge in [0, 0.05) is 19.1 Å². The van der Waals surface area contributed by atoms with E-state index >= 15 is 0 Å². The van der Waals surface area contributed by atoms with Crippen molar-refractivity contribution in [3.8, 4) is 5.75 Å². The minimum Gasteiger partial charge on any atom is -0.494 e. The molecule has 2 N–H and O–H groups in total. The predicted octanol–water partition coefficient (Wildman–Crippen LogP) is 0.413. The lowest BCUT2D eigenvalue weighted by atomic mass is 10.1. The number of rotatable bonds is 2. The fraction of sp³-hybridized carbons (Fsp3) is 0.600. The number of methoxy groups -OCH3 is 1. The molecule has 5 nitrogen and oxygen atoms in total. The zero-order valence-corrected chi connectivity index (χ0v) is 8.89. The fourth-order valence-corrected chi connectivity index (χ4v) is 1.77. The number of aromatic nitrogens is 2. The van der Waals surface area contributed by atoms with E-state index in [0.29, 0.717) is 5.75 Å². The summed E-state index contributed by atoms with van der Waals surface area (Å²) in [5.74, 6) is 1.42. The van der Waals surface area contributed by atoms with Crippen molar-refractivity contribution in [3.05, 3.63) is 12.4 Å². The lowest BCUT2D eigenvalue weighted by molar-refractivity contribution is 0.410. The van der Waals surface area contributed by atoms with E-state index in [0.717, 1.165) is 31.9 Å². The molecule has 1 aliphatic rings. The second-order valence-corrected chi connectivity index (χ2v) is 3.77. The van der Waals surface area contributed by atoms with Gasteiger partial charge in [-0.1, -0.05) is 0 Å². The molecule has 0 spiro atoms. The van der Waals surface area contributed by atoms with Crippen LogP contribution in [-0.4, -0.2) is 36.2 Å². The highest BCUT2D eigenvalue weighted by Gasteiger charge is 2.18. The number of anilines is 1. The van der Waals surface area contributed by atoms with Gasteiger partial charge in [-0.25, -0.2) is 9.97 Å². The highest BCUT2D eigenvalue weighted by atomic mass is 16.5. The van der Waals surface area contributed by atoms with Crippen LogP contribution in [0.4, 0.5) is 5.95 Å². The van der Waals surface area contributed by atoms with Crippen molar-refractivity contribution < 1.29 is 4.74 Å². The quantitative estimate of drug-likeness (QED) is 0.762. The average molecular weight is 208 g/mol. The van der Waals surface area contributed by atoms with Crippen molar-refractivity contribution in [3.63, 3.8) is 0 Å². The summed E-state index contributed by atoms with van der Waals surface area (Å²) in [5, 5.41) is 0. The monoisotopic (exact) mass is 208 g/mol. The van der Waals surface area contributed by atoms with Crippen molar-refractivity contribution >= 4 is 5.95 Å². The maximum absolute atomic E-state index is 5.90. The molecular weight excluding hydrogens is 192 g/mol. The molecule has 1 unspecified atom stereocenters. The third-order valence-electron chi connectivity index (χ3n) is 2.59. The Morgan fingerprint density at radius 1 is 1.47 bits per heavy atom. The van der Waals surface area contributed by atoms with Gasteiger partial charge in [0.25, 0.3) is 0 Å². The summed E-state index contributed by atoms with van der Waals surface area (Å²) in [7, 11) is 1.61. The number of hydrogen-bond donors (Lipinski definition) is 1. The van der Waals surface area contributed by atoms with Gasteiger partial charge in [0.2, 0.25) is 5.95 Å². The van der Waals surface area contributed by atoms with Crippen LogP contribution in [0.15, 0.2) is 12.4 Å². The second kappa shape index (κ2) is 4.44. The Kier molecular flexibility index (Phi) is 3.01. The van der Waals surface area contributed by atoms with Gasteiger partial charge in [-0.2, -0.15) is 0 Å². The molecule has 0 amide bonds. The lowest BCUT2D eigenvalue weighted by Crippen LogP contribution is -2.43. The topological polar surface area (TPSA) is 64.3 Å². The fourth-order valence-electron chi connectivity index (χ4n) is 1.77. The summed E-state index contributed by atoms with van der Waals surface area (Å²) in [5.41, 5.74) is 5.90. The van der Waals surface area contributed by atoms with E-state index in [1.54, 1.807) is 19.5 Å². The van der Waals surface area contributed by atoms with Crippen LogP contribution in [0.3, 0.4) is 0 Å². The Morgan fingerprint density at radius 2 is 2.20 bits per heavy atom. The highest BCUT2D eigenvalue weighted by Crippen LogP contribution is 2.16. The van der Waals surface area contributed by atoms with Crippen LogP contribution in [0.2, 0.25) is 0 Å². The standard InChI is InChI=1S/C10H16N4O/c1-15-9-5-12-10(13-6-9)14-4-2-3-8(11)7-14/h5-6,8H,2-4,7,11H2,1H3. The molecule has 0 radical (unpaired) electrons. The average Bonchev–Trinajstić information content (AvgIpc) is 2.29. The summed E-state index contributed by atoms with van der Waals surface area (Å²) >= 11 is 0.